The van der Waals surface area contributed by atoms with Crippen molar-refractivity contribution in [2.75, 3.05) is 28.4 Å². The van der Waals surface area contributed by atoms with Gasteiger partial charge in [-0.15, -0.1) is 0 Å². The topological polar surface area (TPSA) is 164 Å². The number of ether oxygens (including phenoxy) is 6. The monoisotopic (exact) mass is 640 g/mol. The van der Waals surface area contributed by atoms with Crippen LogP contribution in [0.15, 0.2) is 59.1 Å². The summed E-state index contributed by atoms with van der Waals surface area (Å²) in [7, 11) is 5.12. The number of Topliss-reactive ketones (excluding diaryl/α,β-unsaturated/α-hetero) is 2. The highest BCUT2D eigenvalue weighted by Crippen LogP contribution is 2.43. The maximum absolute atomic E-state index is 13.9. The van der Waals surface area contributed by atoms with Crippen molar-refractivity contribution in [1.82, 2.24) is 0 Å². The van der Waals surface area contributed by atoms with E-state index in [2.05, 4.69) is 0 Å². The second-order valence-corrected chi connectivity index (χ2v) is 11.0. The Kier molecular flexibility index (Phi) is 11.8. The highest BCUT2D eigenvalue weighted by Gasteiger charge is 2.43. The molecule has 2 N–H and O–H groups in total. The summed E-state index contributed by atoms with van der Waals surface area (Å²) in [5.74, 6) is -6.85. The van der Waals surface area contributed by atoms with Crippen molar-refractivity contribution in [3.63, 3.8) is 0 Å². The zero-order valence-electron chi connectivity index (χ0n) is 27.2. The molecule has 248 valence electrons. The summed E-state index contributed by atoms with van der Waals surface area (Å²) in [6, 6.07) is 9.25. The number of esters is 2. The average molecular weight is 641 g/mol. The van der Waals surface area contributed by atoms with Crippen molar-refractivity contribution in [3.8, 4) is 23.0 Å². The summed E-state index contributed by atoms with van der Waals surface area (Å²) in [5, 5.41) is 22.7. The Morgan fingerprint density at radius 1 is 0.609 bits per heavy atom. The minimum atomic E-state index is -1.23. The third-order valence-electron chi connectivity index (χ3n) is 7.23. The van der Waals surface area contributed by atoms with E-state index in [1.165, 1.54) is 26.4 Å². The van der Waals surface area contributed by atoms with Crippen LogP contribution >= 0.6 is 0 Å². The first kappa shape index (κ1) is 35.5. The predicted octanol–water partition coefficient (Wildman–Crippen LogP) is 5.05. The van der Waals surface area contributed by atoms with Crippen LogP contribution in [0, 0.1) is 0 Å². The number of ketones is 2. The van der Waals surface area contributed by atoms with E-state index in [4.69, 9.17) is 28.4 Å². The number of allylic oxidation sites excluding steroid dienone is 2. The Labute approximate surface area is 267 Å². The molecule has 0 radical (unpaired) electrons. The number of aliphatic hydroxyl groups is 2. The second-order valence-electron chi connectivity index (χ2n) is 11.0. The largest absolute Gasteiger partial charge is 0.504 e. The van der Waals surface area contributed by atoms with Crippen molar-refractivity contribution >= 4 is 23.5 Å². The first-order valence-corrected chi connectivity index (χ1v) is 14.6. The van der Waals surface area contributed by atoms with Gasteiger partial charge in [0.1, 0.15) is 0 Å². The number of carbonyl (C=O) groups excluding carboxylic acids is 4. The third kappa shape index (κ3) is 7.79. The van der Waals surface area contributed by atoms with Crippen LogP contribution in [0.25, 0.3) is 0 Å². The zero-order valence-corrected chi connectivity index (χ0v) is 27.2. The molecule has 0 aliphatic heterocycles. The average Bonchev–Trinajstić information content (AvgIpc) is 3.02. The van der Waals surface area contributed by atoms with E-state index in [0.717, 1.165) is 14.2 Å². The lowest BCUT2D eigenvalue weighted by Crippen LogP contribution is -2.31. The van der Waals surface area contributed by atoms with Crippen LogP contribution in [0.2, 0.25) is 0 Å². The van der Waals surface area contributed by atoms with Crippen LogP contribution in [0.5, 0.6) is 23.0 Å². The van der Waals surface area contributed by atoms with Crippen molar-refractivity contribution in [2.24, 2.45) is 0 Å². The fraction of sp³-hybridized carbons (Fsp3) is 0.412. The predicted molar refractivity (Wildman–Crippen MR) is 166 cm³/mol. The van der Waals surface area contributed by atoms with Gasteiger partial charge < -0.3 is 38.6 Å². The van der Waals surface area contributed by atoms with Crippen LogP contribution in [-0.2, 0) is 28.7 Å². The molecule has 0 heterocycles. The van der Waals surface area contributed by atoms with Gasteiger partial charge in [0, 0.05) is 11.8 Å². The normalized spacial score (nSPS) is 14.7. The number of benzene rings is 2. The summed E-state index contributed by atoms with van der Waals surface area (Å²) in [6.07, 6.45) is -1.31. The lowest BCUT2D eigenvalue weighted by Gasteiger charge is -2.28. The molecular formula is C34H40O12. The molecule has 0 aromatic heterocycles. The molecule has 0 saturated carbocycles. The molecule has 3 rings (SSSR count). The highest BCUT2D eigenvalue weighted by atomic mass is 16.5. The first-order chi connectivity index (χ1) is 21.8. The fourth-order valence-electron chi connectivity index (χ4n) is 5.14. The smallest absolute Gasteiger partial charge is 0.306 e. The lowest BCUT2D eigenvalue weighted by molar-refractivity contribution is -0.142. The molecule has 12 nitrogen and oxygen atoms in total. The molecule has 46 heavy (non-hydrogen) atoms. The summed E-state index contributed by atoms with van der Waals surface area (Å²) in [6.45, 7) is 7.30. The third-order valence-corrected chi connectivity index (χ3v) is 7.23. The van der Waals surface area contributed by atoms with E-state index in [1.807, 2.05) is 27.7 Å². The molecule has 0 spiro atoms. The standard InChI is InChI=1S/C34H40O12/c1-17(2)45-23-11-9-19(13-25(23)41-5)21(15-27(35)43-7)29-31(37)33(39)30(34(40)32(29)38)22(16-28(36)44-8)20-10-12-24(46-18(3)4)26(14-20)42-6/h9-14,17-18,21-22,37,40H,15-16H2,1-8H3/t21-,22-/m1/s1. The SMILES string of the molecule is COC(=O)C[C@@H](C1=C(O)C(=O)C([C@H](CC(=O)OC)c2ccc(OC(C)C)c(OC)c2)=C(O)C1=O)c1ccc(OC(C)C)c(OC)c1. The molecule has 12 heteroatoms. The quantitative estimate of drug-likeness (QED) is 0.209. The van der Waals surface area contributed by atoms with E-state index in [1.54, 1.807) is 24.3 Å². The van der Waals surface area contributed by atoms with Gasteiger partial charge in [-0.2, -0.15) is 0 Å². The minimum Gasteiger partial charge on any atom is -0.504 e. The van der Waals surface area contributed by atoms with Gasteiger partial charge in [-0.1, -0.05) is 12.1 Å². The molecular weight excluding hydrogens is 600 g/mol. The molecule has 1 aliphatic rings. The van der Waals surface area contributed by atoms with E-state index in [9.17, 15) is 29.4 Å². The van der Waals surface area contributed by atoms with Crippen LogP contribution in [0.4, 0.5) is 0 Å². The van der Waals surface area contributed by atoms with Crippen LogP contribution in [0.3, 0.4) is 0 Å². The van der Waals surface area contributed by atoms with E-state index >= 15 is 0 Å². The number of carbonyl (C=O) groups is 4. The Morgan fingerprint density at radius 3 is 1.24 bits per heavy atom. The molecule has 1 aliphatic carbocycles. The van der Waals surface area contributed by atoms with Gasteiger partial charge >= 0.3 is 11.9 Å². The molecule has 0 unspecified atom stereocenters. The maximum atomic E-state index is 13.9. The van der Waals surface area contributed by atoms with Crippen LogP contribution in [0.1, 0.15) is 63.5 Å². The van der Waals surface area contributed by atoms with Crippen molar-refractivity contribution in [3.05, 3.63) is 70.2 Å². The van der Waals surface area contributed by atoms with Gasteiger partial charge in [0.05, 0.1) is 64.6 Å². The number of methoxy groups -OCH3 is 4. The number of rotatable bonds is 14. The summed E-state index contributed by atoms with van der Waals surface area (Å²) in [5.41, 5.74) is -0.444. The summed E-state index contributed by atoms with van der Waals surface area (Å²) < 4.78 is 32.1. The van der Waals surface area contributed by atoms with Gasteiger partial charge in [-0.3, -0.25) is 19.2 Å². The molecule has 2 aromatic carbocycles. The maximum Gasteiger partial charge on any atom is 0.306 e. The Balaban J connectivity index is 2.19. The van der Waals surface area contributed by atoms with E-state index in [-0.39, 0.29) is 23.7 Å². The number of aliphatic hydroxyl groups excluding tert-OH is 2. The lowest BCUT2D eigenvalue weighted by atomic mass is 9.75. The van der Waals surface area contributed by atoms with Gasteiger partial charge in [0.25, 0.3) is 0 Å². The zero-order chi connectivity index (χ0) is 34.3. The van der Waals surface area contributed by atoms with Crippen molar-refractivity contribution < 1.29 is 57.8 Å². The molecule has 0 fully saturated rings. The van der Waals surface area contributed by atoms with E-state index in [0.29, 0.717) is 22.6 Å². The molecule has 0 saturated heterocycles. The summed E-state index contributed by atoms with van der Waals surface area (Å²) in [4.78, 5) is 52.8. The van der Waals surface area contributed by atoms with Crippen molar-refractivity contribution in [1.29, 1.82) is 0 Å². The molecule has 2 aromatic rings. The Bertz CT molecular complexity index is 1430. The summed E-state index contributed by atoms with van der Waals surface area (Å²) >= 11 is 0. The number of hydrogen-bond acceptors (Lipinski definition) is 12. The van der Waals surface area contributed by atoms with Crippen molar-refractivity contribution in [2.45, 2.75) is 64.6 Å². The van der Waals surface area contributed by atoms with E-state index < -0.39 is 70.8 Å². The van der Waals surface area contributed by atoms with Crippen LogP contribution < -0.4 is 18.9 Å². The van der Waals surface area contributed by atoms with Gasteiger partial charge in [0.2, 0.25) is 11.6 Å². The van der Waals surface area contributed by atoms with Crippen LogP contribution in [-0.4, -0.2) is 74.4 Å². The fourth-order valence-corrected chi connectivity index (χ4v) is 5.14. The molecule has 0 bridgehead atoms. The molecule has 0 amide bonds. The van der Waals surface area contributed by atoms with Gasteiger partial charge in [-0.05, 0) is 63.1 Å². The number of hydrogen-bond donors (Lipinski definition) is 2. The first-order valence-electron chi connectivity index (χ1n) is 14.6. The highest BCUT2D eigenvalue weighted by molar-refractivity contribution is 6.24. The Morgan fingerprint density at radius 2 is 0.957 bits per heavy atom. The molecule has 2 atom stereocenters. The van der Waals surface area contributed by atoms with Gasteiger partial charge in [0.15, 0.2) is 34.5 Å². The minimum absolute atomic E-state index is 0.188. The second kappa shape index (κ2) is 15.3. The van der Waals surface area contributed by atoms with Gasteiger partial charge in [-0.25, -0.2) is 0 Å². The Hall–Kier alpha value is -5.00.